The lowest BCUT2D eigenvalue weighted by Crippen LogP contribution is -2.37. The molecule has 4 heteroatoms. The van der Waals surface area contributed by atoms with Crippen LogP contribution < -0.4 is 11.0 Å². The zero-order chi connectivity index (χ0) is 6.15. The molecular formula is C4H12N4. The Morgan fingerprint density at radius 2 is 2.00 bits per heavy atom. The Morgan fingerprint density at radius 1 is 1.38 bits per heavy atom. The molecule has 0 aromatic carbocycles. The van der Waals surface area contributed by atoms with Gasteiger partial charge in [0.05, 0.1) is 6.17 Å². The summed E-state index contributed by atoms with van der Waals surface area (Å²) in [6, 6.07) is 0. The van der Waals surface area contributed by atoms with E-state index in [9.17, 15) is 0 Å². The number of nitrogens with one attached hydrogen (secondary N) is 2. The van der Waals surface area contributed by atoms with Crippen LogP contribution in [0.1, 0.15) is 6.92 Å². The molecule has 1 aliphatic heterocycles. The predicted octanol–water partition coefficient (Wildman–Crippen LogP) is -0.866. The van der Waals surface area contributed by atoms with Crippen LogP contribution in [0.3, 0.4) is 0 Å². The maximum Gasteiger partial charge on any atom is 0.0858 e. The topological polar surface area (TPSA) is 30.5 Å². The standard InChI is InChI=1S/C4H12N4/c1-4-5-6-8(3)7(4)2/h4-6H,1-3H3. The summed E-state index contributed by atoms with van der Waals surface area (Å²) >= 11 is 0. The Hall–Kier alpha value is -0.160. The minimum atomic E-state index is 0.389. The monoisotopic (exact) mass is 116 g/mol. The summed E-state index contributed by atoms with van der Waals surface area (Å²) in [5.74, 6) is 0. The molecule has 0 saturated carbocycles. The van der Waals surface area contributed by atoms with E-state index in [1.165, 1.54) is 0 Å². The normalized spacial score (nSPS) is 34.1. The van der Waals surface area contributed by atoms with E-state index in [4.69, 9.17) is 0 Å². The summed E-state index contributed by atoms with van der Waals surface area (Å²) in [6.45, 7) is 2.08. The first-order valence-electron chi connectivity index (χ1n) is 2.69. The molecule has 0 radical (unpaired) electrons. The van der Waals surface area contributed by atoms with Gasteiger partial charge < -0.3 is 0 Å². The molecule has 1 aliphatic rings. The number of nitrogens with zero attached hydrogens (tertiary/aromatic N) is 2. The van der Waals surface area contributed by atoms with Crippen molar-refractivity contribution in [3.63, 3.8) is 0 Å². The smallest absolute Gasteiger partial charge is 0.0858 e. The van der Waals surface area contributed by atoms with E-state index in [1.54, 1.807) is 0 Å². The zero-order valence-electron chi connectivity index (χ0n) is 5.47. The molecule has 0 aromatic heterocycles. The highest BCUT2D eigenvalue weighted by Crippen LogP contribution is 1.96. The Balaban J connectivity index is 2.44. The van der Waals surface area contributed by atoms with Gasteiger partial charge in [0.15, 0.2) is 0 Å². The third kappa shape index (κ3) is 0.830. The van der Waals surface area contributed by atoms with E-state index in [2.05, 4.69) is 22.9 Å². The van der Waals surface area contributed by atoms with E-state index in [0.29, 0.717) is 6.17 Å². The fourth-order valence-electron chi connectivity index (χ4n) is 0.619. The highest BCUT2D eigenvalue weighted by molar-refractivity contribution is 4.57. The second-order valence-corrected chi connectivity index (χ2v) is 2.03. The molecule has 4 nitrogen and oxygen atoms in total. The number of hydrazine groups is 3. The van der Waals surface area contributed by atoms with Crippen molar-refractivity contribution < 1.29 is 0 Å². The molecule has 0 amide bonds. The quantitative estimate of drug-likeness (QED) is 0.431. The lowest BCUT2D eigenvalue weighted by molar-refractivity contribution is 0.0236. The van der Waals surface area contributed by atoms with Crippen molar-refractivity contribution in [3.05, 3.63) is 0 Å². The molecule has 48 valence electrons. The minimum Gasteiger partial charge on any atom is -0.225 e. The van der Waals surface area contributed by atoms with E-state index in [1.807, 2.05) is 19.2 Å². The molecule has 0 aromatic rings. The van der Waals surface area contributed by atoms with E-state index < -0.39 is 0 Å². The van der Waals surface area contributed by atoms with Crippen LogP contribution in [0.4, 0.5) is 0 Å². The van der Waals surface area contributed by atoms with Gasteiger partial charge in [-0.1, -0.05) is 0 Å². The Kier molecular flexibility index (Phi) is 1.48. The second kappa shape index (κ2) is 1.99. The first-order chi connectivity index (χ1) is 3.72. The van der Waals surface area contributed by atoms with Crippen molar-refractivity contribution in [3.8, 4) is 0 Å². The van der Waals surface area contributed by atoms with Crippen molar-refractivity contribution in [2.24, 2.45) is 0 Å². The summed E-state index contributed by atoms with van der Waals surface area (Å²) in [7, 11) is 3.97. The van der Waals surface area contributed by atoms with E-state index >= 15 is 0 Å². The minimum absolute atomic E-state index is 0.389. The molecule has 0 bridgehead atoms. The van der Waals surface area contributed by atoms with Crippen LogP contribution in [-0.4, -0.2) is 30.4 Å². The van der Waals surface area contributed by atoms with Gasteiger partial charge in [0.2, 0.25) is 0 Å². The number of hydrogen-bond donors (Lipinski definition) is 2. The summed E-state index contributed by atoms with van der Waals surface area (Å²) in [4.78, 5) is 0. The molecule has 1 fully saturated rings. The highest BCUT2D eigenvalue weighted by atomic mass is 15.9. The highest BCUT2D eigenvalue weighted by Gasteiger charge is 2.19. The van der Waals surface area contributed by atoms with Gasteiger partial charge in [0, 0.05) is 14.1 Å². The Bertz CT molecular complexity index is 74.1. The summed E-state index contributed by atoms with van der Waals surface area (Å²) in [6.07, 6.45) is 0.389. The fraction of sp³-hybridized carbons (Fsp3) is 1.00. The lowest BCUT2D eigenvalue weighted by atomic mass is 10.6. The van der Waals surface area contributed by atoms with Crippen LogP contribution in [0.25, 0.3) is 0 Å². The molecular weight excluding hydrogens is 104 g/mol. The van der Waals surface area contributed by atoms with Gasteiger partial charge in [0.1, 0.15) is 0 Å². The second-order valence-electron chi connectivity index (χ2n) is 2.03. The lowest BCUT2D eigenvalue weighted by Gasteiger charge is -2.18. The average Bonchev–Trinajstić information content (AvgIpc) is 1.98. The van der Waals surface area contributed by atoms with Crippen LogP contribution in [-0.2, 0) is 0 Å². The van der Waals surface area contributed by atoms with Crippen molar-refractivity contribution in [1.29, 1.82) is 0 Å². The van der Waals surface area contributed by atoms with Crippen LogP contribution in [0.5, 0.6) is 0 Å². The Morgan fingerprint density at radius 3 is 2.12 bits per heavy atom. The predicted molar refractivity (Wildman–Crippen MR) is 31.3 cm³/mol. The molecule has 8 heavy (non-hydrogen) atoms. The summed E-state index contributed by atoms with van der Waals surface area (Å²) in [5.41, 5.74) is 5.95. The van der Waals surface area contributed by atoms with Gasteiger partial charge in [-0.15, -0.1) is 0 Å². The summed E-state index contributed by atoms with van der Waals surface area (Å²) in [5, 5.41) is 3.95. The number of hydrogen-bond acceptors (Lipinski definition) is 4. The maximum absolute atomic E-state index is 3.02. The summed E-state index contributed by atoms with van der Waals surface area (Å²) < 4.78 is 0. The first kappa shape index (κ1) is 5.97. The third-order valence-corrected chi connectivity index (χ3v) is 1.47. The molecule has 1 atom stereocenters. The molecule has 1 unspecified atom stereocenters. The van der Waals surface area contributed by atoms with E-state index in [0.717, 1.165) is 0 Å². The van der Waals surface area contributed by atoms with Crippen LogP contribution >= 0.6 is 0 Å². The zero-order valence-corrected chi connectivity index (χ0v) is 5.47. The largest absolute Gasteiger partial charge is 0.225 e. The van der Waals surface area contributed by atoms with Gasteiger partial charge >= 0.3 is 0 Å². The molecule has 1 rings (SSSR count). The SMILES string of the molecule is CC1NNN(C)N1C. The molecule has 1 heterocycles. The fourth-order valence-corrected chi connectivity index (χ4v) is 0.619. The van der Waals surface area contributed by atoms with Crippen LogP contribution in [0.2, 0.25) is 0 Å². The van der Waals surface area contributed by atoms with Gasteiger partial charge in [0.25, 0.3) is 0 Å². The van der Waals surface area contributed by atoms with Crippen molar-refractivity contribution in [1.82, 2.24) is 21.1 Å². The Labute approximate surface area is 49.4 Å². The van der Waals surface area contributed by atoms with Gasteiger partial charge in [-0.25, -0.2) is 10.4 Å². The molecule has 1 saturated heterocycles. The van der Waals surface area contributed by atoms with Crippen molar-refractivity contribution >= 4 is 0 Å². The van der Waals surface area contributed by atoms with Crippen LogP contribution in [0, 0.1) is 0 Å². The molecule has 0 aliphatic carbocycles. The molecule has 2 N–H and O–H groups in total. The first-order valence-corrected chi connectivity index (χ1v) is 2.69. The van der Waals surface area contributed by atoms with E-state index in [-0.39, 0.29) is 0 Å². The van der Waals surface area contributed by atoms with Gasteiger partial charge in [-0.05, 0) is 6.92 Å². The maximum atomic E-state index is 3.02. The van der Waals surface area contributed by atoms with Gasteiger partial charge in [-0.2, -0.15) is 10.7 Å². The van der Waals surface area contributed by atoms with Crippen LogP contribution in [0.15, 0.2) is 0 Å². The molecule has 0 spiro atoms. The number of rotatable bonds is 0. The van der Waals surface area contributed by atoms with Gasteiger partial charge in [-0.3, -0.25) is 0 Å². The average molecular weight is 116 g/mol. The van der Waals surface area contributed by atoms with Crippen molar-refractivity contribution in [2.75, 3.05) is 14.1 Å². The third-order valence-electron chi connectivity index (χ3n) is 1.47. The van der Waals surface area contributed by atoms with Crippen molar-refractivity contribution in [2.45, 2.75) is 13.1 Å².